The summed E-state index contributed by atoms with van der Waals surface area (Å²) in [6.45, 7) is 13.9. The zero-order valence-corrected chi connectivity index (χ0v) is 68.6. The second-order valence-electron chi connectivity index (χ2n) is 27.3. The van der Waals surface area contributed by atoms with E-state index in [1.165, 1.54) is 121 Å². The number of pyridine rings is 4. The number of fused-ring (bicyclic) bond motifs is 10. The molecule has 18 rings (SSSR count). The van der Waals surface area contributed by atoms with Gasteiger partial charge in [-0.2, -0.15) is 0 Å². The summed E-state index contributed by atoms with van der Waals surface area (Å²) in [5.74, 6) is 0.813. The van der Waals surface area contributed by atoms with Crippen LogP contribution in [0.1, 0.15) is 49.9 Å². The van der Waals surface area contributed by atoms with Crippen molar-refractivity contribution in [3.63, 3.8) is 0 Å². The van der Waals surface area contributed by atoms with Crippen molar-refractivity contribution in [2.45, 2.75) is 61.0 Å². The number of aliphatic hydroxyl groups is 2. The van der Waals surface area contributed by atoms with Crippen molar-refractivity contribution in [1.29, 1.82) is 0 Å². The average molecular weight is 1810 g/mol. The first-order chi connectivity index (χ1) is 53.3. The first-order valence-corrected chi connectivity index (χ1v) is 37.6. The molecule has 1 unspecified atom stereocenters. The van der Waals surface area contributed by atoms with Gasteiger partial charge in [0.05, 0.1) is 17.4 Å². The predicted octanol–water partition coefficient (Wildman–Crippen LogP) is 26.8. The van der Waals surface area contributed by atoms with E-state index in [0.29, 0.717) is 5.92 Å². The molecule has 0 saturated carbocycles. The molecule has 0 bridgehead atoms. The van der Waals surface area contributed by atoms with Crippen LogP contribution in [-0.4, -0.2) is 36.3 Å². The van der Waals surface area contributed by atoms with Crippen LogP contribution in [0.4, 0.5) is 0 Å². The molecule has 549 valence electrons. The topological polar surface area (TPSA) is 92.0 Å². The molecule has 0 spiro atoms. The first kappa shape index (κ1) is 80.5. The molecular weight excluding hydrogens is 1730 g/mol. The molecule has 5 heterocycles. The second kappa shape index (κ2) is 39.2. The number of nitrogens with zero attached hydrogens (tertiary/aromatic N) is 4. The van der Waals surface area contributed by atoms with Crippen LogP contribution in [0, 0.1) is 51.0 Å². The Morgan fingerprint density at radius 2 is 0.928 bits per heavy atom. The van der Waals surface area contributed by atoms with Crippen molar-refractivity contribution < 1.29 is 50.4 Å². The van der Waals surface area contributed by atoms with Gasteiger partial charge in [-0.05, 0) is 170 Å². The minimum atomic E-state index is -0.537. The summed E-state index contributed by atoms with van der Waals surface area (Å²) in [6, 6.07) is 125. The maximum atomic E-state index is 8.49. The summed E-state index contributed by atoms with van der Waals surface area (Å²) in [7, 11) is 0. The molecule has 111 heavy (non-hydrogen) atoms. The van der Waals surface area contributed by atoms with Crippen LogP contribution >= 0.6 is 11.3 Å². The monoisotopic (exact) mass is 1810 g/mol. The van der Waals surface area contributed by atoms with E-state index in [-0.39, 0.29) is 46.0 Å². The zero-order chi connectivity index (χ0) is 75.4. The van der Waals surface area contributed by atoms with Crippen molar-refractivity contribution in [2.75, 3.05) is 0 Å². The van der Waals surface area contributed by atoms with Crippen LogP contribution in [0.5, 0.6) is 0 Å². The van der Waals surface area contributed by atoms with Gasteiger partial charge in [0.2, 0.25) is 0 Å². The average Bonchev–Trinajstić information content (AvgIpc) is 1.01. The quantitative estimate of drug-likeness (QED) is 0.0805. The first-order valence-electron chi connectivity index (χ1n) is 36.8. The fraction of sp³-hybridized carbons (Fsp3) is 0.0980. The number of aliphatic hydroxyl groups excluding tert-OH is 2. The number of thiophene rings is 1. The van der Waals surface area contributed by atoms with E-state index in [1.54, 1.807) is 19.3 Å². The van der Waals surface area contributed by atoms with Crippen LogP contribution in [-0.2, 0) is 46.6 Å². The Bertz CT molecular complexity index is 5870. The summed E-state index contributed by atoms with van der Waals surface area (Å²) in [5, 5.41) is 28.7. The molecule has 2 N–H and O–H groups in total. The number of rotatable bonds is 10. The standard InChI is InChI=1S/C36H22S.C21H22N.C18H14N.2C11H8N.C5H10O2.2Ir/c1-2-13-29-27(11-1)28-12-3-4-14-30(28)34-22-24(19-20-31(29)34)23-9-7-10-25(21-23)26-16-8-17-33-32-15-5-6-18-35(32)37-36(26)33;1-14(2)10-17-6-5-7-21-19(17)8-9-20(22-21)18-12-15(3)11-16(4)13-18;1-14-12-18(16-10-6-3-7-11-16)19-13-17(14)15-8-4-2-5-9-15;2*1-2-6-10(7-3-1)11-8-4-5-9-12-11;1-4(6)3-5(2)7;;/h1-22H;5-9,11-12,14H,10H2,1-4H3;2-10,12-13H,1H3;2*1-6,8-9H;3-4,6-7H,1-2H3;;/q;4*-1;;;+3. The van der Waals surface area contributed by atoms with E-state index in [2.05, 4.69) is 268 Å². The van der Waals surface area contributed by atoms with E-state index in [9.17, 15) is 0 Å². The Labute approximate surface area is 683 Å². The Kier molecular flexibility index (Phi) is 28.5. The maximum absolute atomic E-state index is 8.49. The normalized spacial score (nSPS) is 11.1. The van der Waals surface area contributed by atoms with E-state index < -0.39 is 6.10 Å². The van der Waals surface area contributed by atoms with Crippen LogP contribution in [0.15, 0.2) is 352 Å². The van der Waals surface area contributed by atoms with Gasteiger partial charge >= 0.3 is 20.1 Å². The Morgan fingerprint density at radius 3 is 1.49 bits per heavy atom. The summed E-state index contributed by atoms with van der Waals surface area (Å²) >= 11 is 1.89. The van der Waals surface area contributed by atoms with E-state index in [1.807, 2.05) is 145 Å². The predicted molar refractivity (Wildman–Crippen MR) is 461 cm³/mol. The molecule has 18 aromatic rings. The largest absolute Gasteiger partial charge is 3.00 e. The molecule has 1 atom stereocenters. The number of aromatic nitrogens is 4. The van der Waals surface area contributed by atoms with Gasteiger partial charge < -0.3 is 25.2 Å². The summed E-state index contributed by atoms with van der Waals surface area (Å²) in [5.41, 5.74) is 21.6. The molecule has 0 amide bonds. The van der Waals surface area contributed by atoms with Crippen molar-refractivity contribution in [1.82, 2.24) is 19.9 Å². The molecule has 13 aromatic carbocycles. The molecule has 0 aliphatic carbocycles. The molecule has 0 saturated heterocycles. The number of aryl methyl sites for hydroxylation is 3. The van der Waals surface area contributed by atoms with Gasteiger partial charge in [-0.15, -0.1) is 154 Å². The minimum absolute atomic E-state index is 0. The van der Waals surface area contributed by atoms with Gasteiger partial charge in [0, 0.05) is 69.8 Å². The fourth-order valence-electron chi connectivity index (χ4n) is 13.6. The van der Waals surface area contributed by atoms with Gasteiger partial charge in [-0.1, -0.05) is 228 Å². The van der Waals surface area contributed by atoms with Crippen molar-refractivity contribution in [3.8, 4) is 78.4 Å². The molecule has 0 fully saturated rings. The summed E-state index contributed by atoms with van der Waals surface area (Å²) < 4.78 is 2.70. The van der Waals surface area contributed by atoms with Crippen LogP contribution in [0.3, 0.4) is 0 Å². The van der Waals surface area contributed by atoms with Crippen LogP contribution in [0.2, 0.25) is 0 Å². The van der Waals surface area contributed by atoms with Crippen LogP contribution < -0.4 is 0 Å². The fourth-order valence-corrected chi connectivity index (χ4v) is 14.9. The van der Waals surface area contributed by atoms with Crippen LogP contribution in [0.25, 0.3) is 142 Å². The van der Waals surface area contributed by atoms with Gasteiger partial charge in [-0.25, -0.2) is 0 Å². The molecule has 0 aliphatic rings. The van der Waals surface area contributed by atoms with Crippen molar-refractivity contribution >= 4 is 74.7 Å². The number of hydrogen-bond donors (Lipinski definition) is 2. The van der Waals surface area contributed by atoms with Crippen molar-refractivity contribution in [2.24, 2.45) is 5.92 Å². The van der Waals surface area contributed by atoms with E-state index in [0.717, 1.165) is 62.5 Å². The SMILES string of the molecule is CC(O)=CC(C)O.Cc1[c-]c(-c2ccc3c(CC(C)C)cccc3n2)cc(C)c1.Cc1cc(-c2[c-]cccc2)ncc1-c1ccccc1.[Ir+3].[Ir].[c-]1ccccc1-c1ccccn1.[c-]1ccccc1-c1ccccn1.c1cc(-c2ccc3c4ccccc4c4ccccc4c3c2)cc(-c2cccc3c2sc2ccccc23)c1. The minimum Gasteiger partial charge on any atom is -0.513 e. The molecule has 1 radical (unpaired) electrons. The molecule has 0 aliphatic heterocycles. The summed E-state index contributed by atoms with van der Waals surface area (Å²) in [4.78, 5) is 17.9. The molecule has 9 heteroatoms. The van der Waals surface area contributed by atoms with E-state index in [4.69, 9.17) is 15.2 Å². The van der Waals surface area contributed by atoms with Crippen molar-refractivity contribution in [3.05, 3.63) is 398 Å². The Balaban J connectivity index is 0.000000142. The smallest absolute Gasteiger partial charge is 0.513 e. The third-order valence-corrected chi connectivity index (χ3v) is 19.7. The van der Waals surface area contributed by atoms with Gasteiger partial charge in [0.25, 0.3) is 0 Å². The second-order valence-corrected chi connectivity index (χ2v) is 28.4. The maximum Gasteiger partial charge on any atom is 3.00 e. The third kappa shape index (κ3) is 20.7. The molecule has 6 nitrogen and oxygen atoms in total. The van der Waals surface area contributed by atoms with Gasteiger partial charge in [-0.3, -0.25) is 4.98 Å². The third-order valence-electron chi connectivity index (χ3n) is 18.5. The number of hydrogen-bond acceptors (Lipinski definition) is 7. The van der Waals surface area contributed by atoms with Gasteiger partial charge in [0.15, 0.2) is 0 Å². The van der Waals surface area contributed by atoms with E-state index >= 15 is 0 Å². The zero-order valence-electron chi connectivity index (χ0n) is 63.0. The summed E-state index contributed by atoms with van der Waals surface area (Å²) in [6.07, 6.45) is 7.44. The Hall–Kier alpha value is -11.5. The Morgan fingerprint density at radius 1 is 0.414 bits per heavy atom. The molecule has 5 aromatic heterocycles. The van der Waals surface area contributed by atoms with Gasteiger partial charge in [0.1, 0.15) is 0 Å². The number of allylic oxidation sites excluding steroid dienone is 1. The molecular formula is C102H84Ir2N4O2S-. The number of benzene rings is 13.